The largest absolute Gasteiger partial charge is 1.00 e. The van der Waals surface area contributed by atoms with Crippen molar-refractivity contribution in [3.63, 3.8) is 0 Å². The first-order chi connectivity index (χ1) is 8.92. The molecule has 0 spiro atoms. The topological polar surface area (TPSA) is 30.5 Å². The molecule has 0 amide bonds. The standard InChI is InChI=1S/C15H21NO2.ClH/c1-2-4-6-13(5-3-1)16-10-12-7-8-14-15(9-12)18-11-17-14;/h7-9,13,16H,1-6,10-11H2;1H/p-1. The number of halogens is 1. The molecule has 19 heavy (non-hydrogen) atoms. The van der Waals surface area contributed by atoms with Crippen molar-refractivity contribution in [3.05, 3.63) is 23.8 Å². The average Bonchev–Trinajstić information content (AvgIpc) is 2.70. The van der Waals surface area contributed by atoms with Gasteiger partial charge in [-0.3, -0.25) is 0 Å². The van der Waals surface area contributed by atoms with E-state index in [4.69, 9.17) is 9.47 Å². The van der Waals surface area contributed by atoms with Crippen molar-refractivity contribution in [2.45, 2.75) is 51.1 Å². The Balaban J connectivity index is 0.00000133. The van der Waals surface area contributed by atoms with Crippen molar-refractivity contribution in [2.24, 2.45) is 0 Å². The first-order valence-corrected chi connectivity index (χ1v) is 7.04. The van der Waals surface area contributed by atoms with Gasteiger partial charge in [-0.25, -0.2) is 0 Å². The van der Waals surface area contributed by atoms with Crippen molar-refractivity contribution in [2.75, 3.05) is 6.79 Å². The minimum atomic E-state index is 0. The van der Waals surface area contributed by atoms with Gasteiger partial charge in [0.2, 0.25) is 6.79 Å². The molecule has 1 aromatic carbocycles. The molecule has 0 unspecified atom stereocenters. The Morgan fingerprint density at radius 2 is 1.74 bits per heavy atom. The zero-order valence-electron chi connectivity index (χ0n) is 11.2. The Kier molecular flexibility index (Phi) is 5.34. The fourth-order valence-electron chi connectivity index (χ4n) is 2.80. The van der Waals surface area contributed by atoms with Crippen LogP contribution in [0.2, 0.25) is 0 Å². The number of benzene rings is 1. The van der Waals surface area contributed by atoms with Crippen LogP contribution in [0.1, 0.15) is 44.1 Å². The molecule has 3 rings (SSSR count). The van der Waals surface area contributed by atoms with Gasteiger partial charge in [0.05, 0.1) is 0 Å². The number of hydrogen-bond donors (Lipinski definition) is 1. The highest BCUT2D eigenvalue weighted by Gasteiger charge is 2.14. The molecule has 1 saturated carbocycles. The van der Waals surface area contributed by atoms with Gasteiger partial charge in [-0.2, -0.15) is 0 Å². The summed E-state index contributed by atoms with van der Waals surface area (Å²) in [5, 5.41) is 3.67. The molecule has 0 saturated heterocycles. The molecule has 0 aromatic heterocycles. The molecular weight excluding hydrogens is 262 g/mol. The predicted molar refractivity (Wildman–Crippen MR) is 70.9 cm³/mol. The van der Waals surface area contributed by atoms with Crippen LogP contribution in [0.25, 0.3) is 0 Å². The van der Waals surface area contributed by atoms with Gasteiger partial charge in [0.25, 0.3) is 0 Å². The van der Waals surface area contributed by atoms with Crippen molar-refractivity contribution in [1.29, 1.82) is 0 Å². The molecule has 2 aliphatic rings. The van der Waals surface area contributed by atoms with E-state index >= 15 is 0 Å². The molecule has 1 heterocycles. The smallest absolute Gasteiger partial charge is 0.231 e. The number of rotatable bonds is 3. The van der Waals surface area contributed by atoms with Crippen LogP contribution in [0.4, 0.5) is 0 Å². The summed E-state index contributed by atoms with van der Waals surface area (Å²) >= 11 is 0. The van der Waals surface area contributed by atoms with Crippen LogP contribution in [0.5, 0.6) is 11.5 Å². The lowest BCUT2D eigenvalue weighted by molar-refractivity contribution is -0.00000534. The highest BCUT2D eigenvalue weighted by molar-refractivity contribution is 5.44. The van der Waals surface area contributed by atoms with Gasteiger partial charge >= 0.3 is 0 Å². The lowest BCUT2D eigenvalue weighted by Gasteiger charge is -2.16. The molecule has 0 radical (unpaired) electrons. The van der Waals surface area contributed by atoms with Gasteiger partial charge in [-0.05, 0) is 30.5 Å². The second-order valence-electron chi connectivity index (χ2n) is 5.26. The van der Waals surface area contributed by atoms with Gasteiger partial charge < -0.3 is 27.2 Å². The van der Waals surface area contributed by atoms with Gasteiger partial charge in [-0.15, -0.1) is 0 Å². The highest BCUT2D eigenvalue weighted by atomic mass is 35.5. The fourth-order valence-corrected chi connectivity index (χ4v) is 2.80. The zero-order chi connectivity index (χ0) is 12.2. The van der Waals surface area contributed by atoms with E-state index in [1.165, 1.54) is 44.1 Å². The molecule has 0 atom stereocenters. The molecule has 1 aliphatic carbocycles. The Labute approximate surface area is 121 Å². The normalized spacial score (nSPS) is 18.7. The molecule has 1 aliphatic heterocycles. The summed E-state index contributed by atoms with van der Waals surface area (Å²) < 4.78 is 10.7. The van der Waals surface area contributed by atoms with Crippen molar-refractivity contribution in [3.8, 4) is 11.5 Å². The summed E-state index contributed by atoms with van der Waals surface area (Å²) in [4.78, 5) is 0. The van der Waals surface area contributed by atoms with E-state index in [9.17, 15) is 0 Å². The number of fused-ring (bicyclic) bond motifs is 1. The molecule has 0 bridgehead atoms. The van der Waals surface area contributed by atoms with Crippen LogP contribution < -0.4 is 27.2 Å². The average molecular weight is 283 g/mol. The van der Waals surface area contributed by atoms with Crippen LogP contribution in [0.3, 0.4) is 0 Å². The maximum Gasteiger partial charge on any atom is 0.231 e. The van der Waals surface area contributed by atoms with E-state index in [0.29, 0.717) is 12.8 Å². The molecule has 3 nitrogen and oxygen atoms in total. The molecule has 1 N–H and O–H groups in total. The number of hydrogen-bond acceptors (Lipinski definition) is 3. The molecule has 106 valence electrons. The van der Waals surface area contributed by atoms with Crippen molar-refractivity contribution >= 4 is 0 Å². The first-order valence-electron chi connectivity index (χ1n) is 7.04. The monoisotopic (exact) mass is 282 g/mol. The third kappa shape index (κ3) is 3.77. The Bertz CT molecular complexity index is 403. The number of nitrogens with one attached hydrogen (secondary N) is 1. The van der Waals surface area contributed by atoms with E-state index < -0.39 is 0 Å². The summed E-state index contributed by atoms with van der Waals surface area (Å²) in [5.74, 6) is 1.75. The van der Waals surface area contributed by atoms with Crippen LogP contribution in [-0.2, 0) is 6.54 Å². The maximum atomic E-state index is 5.40. The number of ether oxygens (including phenoxy) is 2. The van der Waals surface area contributed by atoms with Gasteiger partial charge in [0.15, 0.2) is 11.5 Å². The Morgan fingerprint density at radius 1 is 1.00 bits per heavy atom. The minimum absolute atomic E-state index is 0. The molecule has 4 heteroatoms. The lowest BCUT2D eigenvalue weighted by atomic mass is 10.1. The van der Waals surface area contributed by atoms with Crippen LogP contribution in [0, 0.1) is 0 Å². The summed E-state index contributed by atoms with van der Waals surface area (Å²) in [6.07, 6.45) is 8.21. The van der Waals surface area contributed by atoms with Crippen LogP contribution >= 0.6 is 0 Å². The van der Waals surface area contributed by atoms with Gasteiger partial charge in [0, 0.05) is 12.6 Å². The summed E-state index contributed by atoms with van der Waals surface area (Å²) in [6.45, 7) is 1.29. The van der Waals surface area contributed by atoms with Crippen molar-refractivity contribution < 1.29 is 21.9 Å². The summed E-state index contributed by atoms with van der Waals surface area (Å²) in [5.41, 5.74) is 1.28. The first kappa shape index (κ1) is 14.5. The van der Waals surface area contributed by atoms with E-state index in [-0.39, 0.29) is 12.4 Å². The van der Waals surface area contributed by atoms with Crippen LogP contribution in [-0.4, -0.2) is 12.8 Å². The van der Waals surface area contributed by atoms with Crippen LogP contribution in [0.15, 0.2) is 18.2 Å². The molecule has 1 fully saturated rings. The summed E-state index contributed by atoms with van der Waals surface area (Å²) in [7, 11) is 0. The van der Waals surface area contributed by atoms with Crippen molar-refractivity contribution in [1.82, 2.24) is 5.32 Å². The van der Waals surface area contributed by atoms with E-state index in [2.05, 4.69) is 17.4 Å². The minimum Gasteiger partial charge on any atom is -1.00 e. The second kappa shape index (κ2) is 7.01. The maximum absolute atomic E-state index is 5.40. The Morgan fingerprint density at radius 3 is 2.53 bits per heavy atom. The van der Waals surface area contributed by atoms with Gasteiger partial charge in [-0.1, -0.05) is 31.7 Å². The third-order valence-electron chi connectivity index (χ3n) is 3.89. The highest BCUT2D eigenvalue weighted by Crippen LogP contribution is 2.32. The molecular formula is C15H21ClNO2-. The Hall–Kier alpha value is -0.930. The van der Waals surface area contributed by atoms with E-state index in [1.54, 1.807) is 0 Å². The zero-order valence-corrected chi connectivity index (χ0v) is 11.9. The quantitative estimate of drug-likeness (QED) is 0.806. The van der Waals surface area contributed by atoms with Gasteiger partial charge in [0.1, 0.15) is 0 Å². The SMILES string of the molecule is [Cl-].c1cc2c(cc1CNC1CCCCCC1)OCO2. The third-order valence-corrected chi connectivity index (χ3v) is 3.89. The van der Waals surface area contributed by atoms with E-state index in [0.717, 1.165) is 18.0 Å². The lowest BCUT2D eigenvalue weighted by Crippen LogP contribution is -3.00. The predicted octanol–water partition coefficient (Wildman–Crippen LogP) is 0.232. The molecule has 1 aromatic rings. The fraction of sp³-hybridized carbons (Fsp3) is 0.600. The van der Waals surface area contributed by atoms with E-state index in [1.807, 2.05) is 6.07 Å². The second-order valence-corrected chi connectivity index (χ2v) is 5.26. The summed E-state index contributed by atoms with van der Waals surface area (Å²) in [6, 6.07) is 6.91.